The van der Waals surface area contributed by atoms with E-state index in [0.29, 0.717) is 25.9 Å². The minimum atomic E-state index is -0.869. The van der Waals surface area contributed by atoms with E-state index in [1.54, 1.807) is 13.8 Å². The van der Waals surface area contributed by atoms with Crippen molar-refractivity contribution >= 4 is 42.3 Å². The number of halogens is 3. The molecular weight excluding hydrogens is 480 g/mol. The van der Waals surface area contributed by atoms with Gasteiger partial charge >= 0.3 is 0 Å². The van der Waals surface area contributed by atoms with Gasteiger partial charge in [0, 0.05) is 57.5 Å². The van der Waals surface area contributed by atoms with E-state index >= 15 is 0 Å². The third kappa shape index (κ3) is 6.33. The van der Waals surface area contributed by atoms with Crippen molar-refractivity contribution in [2.75, 3.05) is 50.7 Å². The molecule has 3 aliphatic rings. The molecule has 3 N–H and O–H groups in total. The third-order valence-corrected chi connectivity index (χ3v) is 7.37. The van der Waals surface area contributed by atoms with Crippen molar-refractivity contribution in [2.45, 2.75) is 51.1 Å². The molecule has 1 aromatic rings. The summed E-state index contributed by atoms with van der Waals surface area (Å²) >= 11 is 0. The van der Waals surface area contributed by atoms with E-state index in [1.807, 2.05) is 17.0 Å². The lowest BCUT2D eigenvalue weighted by Crippen LogP contribution is -2.55. The summed E-state index contributed by atoms with van der Waals surface area (Å²) in [4.78, 5) is 31.8. The number of carbonyl (C=O) groups is 2. The van der Waals surface area contributed by atoms with Gasteiger partial charge in [-0.2, -0.15) is 0 Å². The fraction of sp³-hybridized carbons (Fsp3) is 0.667. The minimum absolute atomic E-state index is 0. The van der Waals surface area contributed by atoms with Crippen LogP contribution in [0.25, 0.3) is 0 Å². The van der Waals surface area contributed by atoms with E-state index in [-0.39, 0.29) is 53.9 Å². The van der Waals surface area contributed by atoms with Gasteiger partial charge in [0.2, 0.25) is 11.8 Å². The molecule has 3 saturated heterocycles. The van der Waals surface area contributed by atoms with Crippen LogP contribution in [0.1, 0.15) is 39.5 Å². The first-order valence-electron chi connectivity index (χ1n) is 11.8. The third-order valence-electron chi connectivity index (χ3n) is 7.37. The van der Waals surface area contributed by atoms with E-state index in [0.717, 1.165) is 51.3 Å². The number of nitrogens with zero attached hydrogens (tertiary/aromatic N) is 3. The topological polar surface area (TPSA) is 81.9 Å². The lowest BCUT2D eigenvalue weighted by Gasteiger charge is -2.39. The number of likely N-dealkylation sites (tertiary alicyclic amines) is 1. The van der Waals surface area contributed by atoms with Crippen LogP contribution < -0.4 is 16.0 Å². The molecule has 10 heteroatoms. The molecule has 0 aliphatic carbocycles. The Morgan fingerprint density at radius 3 is 2.24 bits per heavy atom. The van der Waals surface area contributed by atoms with Gasteiger partial charge in [-0.1, -0.05) is 0 Å². The van der Waals surface area contributed by atoms with Crippen molar-refractivity contribution in [3.63, 3.8) is 0 Å². The summed E-state index contributed by atoms with van der Waals surface area (Å²) in [5.74, 6) is -0.0888. The van der Waals surface area contributed by atoms with E-state index in [9.17, 15) is 14.0 Å². The summed E-state index contributed by atoms with van der Waals surface area (Å²) in [6.45, 7) is 9.42. The molecule has 3 aliphatic heterocycles. The molecule has 0 bridgehead atoms. The Hall–Kier alpha value is -1.61. The van der Waals surface area contributed by atoms with Gasteiger partial charge in [-0.25, -0.2) is 4.39 Å². The van der Waals surface area contributed by atoms with Gasteiger partial charge < -0.3 is 20.9 Å². The summed E-state index contributed by atoms with van der Waals surface area (Å²) in [7, 11) is 0. The zero-order chi connectivity index (χ0) is 22.9. The van der Waals surface area contributed by atoms with E-state index in [4.69, 9.17) is 5.73 Å². The Morgan fingerprint density at radius 1 is 1.09 bits per heavy atom. The number of rotatable bonds is 5. The summed E-state index contributed by atoms with van der Waals surface area (Å²) in [5.41, 5.74) is 5.84. The van der Waals surface area contributed by atoms with Crippen LogP contribution in [0.15, 0.2) is 24.3 Å². The lowest BCUT2D eigenvalue weighted by atomic mass is 9.75. The molecule has 34 heavy (non-hydrogen) atoms. The van der Waals surface area contributed by atoms with Crippen LogP contribution in [0.2, 0.25) is 0 Å². The molecule has 0 saturated carbocycles. The van der Waals surface area contributed by atoms with E-state index in [2.05, 4.69) is 15.1 Å². The second-order valence-electron chi connectivity index (χ2n) is 10.3. The van der Waals surface area contributed by atoms with Crippen molar-refractivity contribution in [3.05, 3.63) is 30.1 Å². The molecule has 192 valence electrons. The number of hydrogen-bond acceptors (Lipinski definition) is 5. The average Bonchev–Trinajstić information content (AvgIpc) is 3.07. The van der Waals surface area contributed by atoms with Gasteiger partial charge in [0.05, 0.1) is 11.0 Å². The quantitative estimate of drug-likeness (QED) is 0.626. The van der Waals surface area contributed by atoms with Crippen LogP contribution in [0.5, 0.6) is 0 Å². The van der Waals surface area contributed by atoms with Gasteiger partial charge in [0.15, 0.2) is 0 Å². The van der Waals surface area contributed by atoms with Gasteiger partial charge in [-0.05, 0) is 63.8 Å². The number of hydrogen-bond donors (Lipinski definition) is 2. The zero-order valence-electron chi connectivity index (χ0n) is 20.1. The summed E-state index contributed by atoms with van der Waals surface area (Å²) in [5, 5.41) is 3.23. The fourth-order valence-electron chi connectivity index (χ4n) is 5.32. The number of piperazine rings is 1. The molecule has 1 unspecified atom stereocenters. The van der Waals surface area contributed by atoms with Gasteiger partial charge in [0.25, 0.3) is 0 Å². The molecule has 1 atom stereocenters. The summed E-state index contributed by atoms with van der Waals surface area (Å²) in [6, 6.07) is 6.90. The number of carbonyl (C=O) groups excluding carboxylic acids is 2. The van der Waals surface area contributed by atoms with Crippen molar-refractivity contribution in [1.82, 2.24) is 15.1 Å². The van der Waals surface area contributed by atoms with Gasteiger partial charge in [-0.3, -0.25) is 14.5 Å². The Kier molecular flexibility index (Phi) is 9.61. The Bertz CT molecular complexity index is 833. The average molecular weight is 519 g/mol. The molecule has 0 aromatic heterocycles. The van der Waals surface area contributed by atoms with E-state index < -0.39 is 5.54 Å². The van der Waals surface area contributed by atoms with Crippen molar-refractivity contribution in [2.24, 2.45) is 11.1 Å². The molecule has 1 aromatic carbocycles. The van der Waals surface area contributed by atoms with Crippen molar-refractivity contribution in [3.8, 4) is 0 Å². The largest absolute Gasteiger partial charge is 0.369 e. The molecule has 4 rings (SSSR count). The van der Waals surface area contributed by atoms with Crippen LogP contribution in [-0.4, -0.2) is 79.0 Å². The summed E-state index contributed by atoms with van der Waals surface area (Å²) < 4.78 is 13.1. The number of amides is 2. The minimum Gasteiger partial charge on any atom is -0.369 e. The maximum Gasteiger partial charge on any atom is 0.242 e. The molecule has 7 nitrogen and oxygen atoms in total. The SMILES string of the molecule is CC(C)(N)C(=O)N1CCC2(CC1)CC(CCN1CCN(c3ccc(F)cc3)CC1)NC2=O.Cl.Cl. The number of nitrogens with two attached hydrogens (primary N) is 1. The predicted octanol–water partition coefficient (Wildman–Crippen LogP) is 2.42. The van der Waals surface area contributed by atoms with Gasteiger partial charge in [0.1, 0.15) is 5.82 Å². The standard InChI is InChI=1S/C24H36FN5O2.2ClH/c1-23(2,26)22(32)30-11-8-24(9-12-30)17-19(27-21(24)31)7-10-28-13-15-29(16-14-28)20-5-3-18(25)4-6-20;;/h3-6,19H,7-17,26H2,1-2H3,(H,27,31);2*1H. The van der Waals surface area contributed by atoms with Gasteiger partial charge in [-0.15, -0.1) is 24.8 Å². The lowest BCUT2D eigenvalue weighted by molar-refractivity contribution is -0.141. The molecule has 3 fully saturated rings. The van der Waals surface area contributed by atoms with Crippen LogP contribution in [0, 0.1) is 11.2 Å². The van der Waals surface area contributed by atoms with Crippen LogP contribution in [0.3, 0.4) is 0 Å². The Labute approximate surface area is 214 Å². The molecule has 0 radical (unpaired) electrons. The fourth-order valence-corrected chi connectivity index (χ4v) is 5.32. The van der Waals surface area contributed by atoms with Crippen LogP contribution in [0.4, 0.5) is 10.1 Å². The Morgan fingerprint density at radius 2 is 1.68 bits per heavy atom. The molecule has 1 spiro atoms. The first kappa shape index (κ1) is 28.6. The highest BCUT2D eigenvalue weighted by Crippen LogP contribution is 2.41. The number of nitrogens with one attached hydrogen (secondary N) is 1. The smallest absolute Gasteiger partial charge is 0.242 e. The highest BCUT2D eigenvalue weighted by Gasteiger charge is 2.49. The molecule has 2 amide bonds. The first-order valence-corrected chi connectivity index (χ1v) is 11.8. The molecule has 3 heterocycles. The maximum absolute atomic E-state index is 13.1. The van der Waals surface area contributed by atoms with Crippen molar-refractivity contribution < 1.29 is 14.0 Å². The molecular formula is C24H38Cl2FN5O2. The normalized spacial score (nSPS) is 22.7. The highest BCUT2D eigenvalue weighted by atomic mass is 35.5. The van der Waals surface area contributed by atoms with Crippen LogP contribution >= 0.6 is 24.8 Å². The highest BCUT2D eigenvalue weighted by molar-refractivity contribution is 5.87. The van der Waals surface area contributed by atoms with E-state index in [1.165, 1.54) is 12.1 Å². The number of benzene rings is 1. The van der Waals surface area contributed by atoms with Crippen LogP contribution in [-0.2, 0) is 9.59 Å². The number of anilines is 1. The van der Waals surface area contributed by atoms with Crippen molar-refractivity contribution in [1.29, 1.82) is 0 Å². The second kappa shape index (κ2) is 11.4. The second-order valence-corrected chi connectivity index (χ2v) is 10.3. The zero-order valence-corrected chi connectivity index (χ0v) is 21.7. The summed E-state index contributed by atoms with van der Waals surface area (Å²) in [6.07, 6.45) is 3.24. The predicted molar refractivity (Wildman–Crippen MR) is 137 cm³/mol. The Balaban J connectivity index is 0.00000204. The monoisotopic (exact) mass is 517 g/mol. The number of piperidine rings is 1. The maximum atomic E-state index is 13.1. The first-order chi connectivity index (χ1) is 15.2.